The summed E-state index contributed by atoms with van der Waals surface area (Å²) in [6.45, 7) is 9.87. The molecule has 3 nitrogen and oxygen atoms in total. The average molecular weight is 229 g/mol. The molecule has 0 radical (unpaired) electrons. The lowest BCUT2D eigenvalue weighted by molar-refractivity contribution is -0.906. The predicted molar refractivity (Wildman–Crippen MR) is 64.2 cm³/mol. The number of aliphatic carboxylic acids is 1. The highest BCUT2D eigenvalue weighted by molar-refractivity contribution is 5.60. The lowest BCUT2D eigenvalue weighted by Crippen LogP contribution is -3.13. The third-order valence-corrected chi connectivity index (χ3v) is 3.11. The van der Waals surface area contributed by atoms with Crippen LogP contribution in [-0.4, -0.2) is 25.6 Å². The van der Waals surface area contributed by atoms with Crippen LogP contribution in [-0.2, 0) is 4.79 Å². The number of nitrogens with one attached hydrogen (secondary N) is 1. The van der Waals surface area contributed by atoms with Crippen molar-refractivity contribution in [3.05, 3.63) is 0 Å². The second kappa shape index (κ2) is 9.64. The number of rotatable bonds is 4. The van der Waals surface area contributed by atoms with Crippen LogP contribution >= 0.6 is 0 Å². The zero-order chi connectivity index (χ0) is 12.4. The van der Waals surface area contributed by atoms with E-state index in [-0.39, 0.29) is 0 Å². The van der Waals surface area contributed by atoms with Crippen LogP contribution in [0.2, 0.25) is 0 Å². The largest absolute Gasteiger partial charge is 0.550 e. The van der Waals surface area contributed by atoms with Gasteiger partial charge in [0.05, 0.1) is 19.6 Å². The number of piperidine rings is 1. The van der Waals surface area contributed by atoms with Gasteiger partial charge in [0.25, 0.3) is 0 Å². The summed E-state index contributed by atoms with van der Waals surface area (Å²) in [7, 11) is 0. The highest BCUT2D eigenvalue weighted by Crippen LogP contribution is 2.15. The van der Waals surface area contributed by atoms with E-state index in [4.69, 9.17) is 9.90 Å². The van der Waals surface area contributed by atoms with Crippen LogP contribution in [0, 0.1) is 5.92 Å². The van der Waals surface area contributed by atoms with E-state index in [1.54, 1.807) is 0 Å². The molecule has 1 rings (SSSR count). The average Bonchev–Trinajstić information content (AvgIpc) is 2.21. The maximum atomic E-state index is 8.89. The van der Waals surface area contributed by atoms with E-state index in [1.165, 1.54) is 51.7 Å². The van der Waals surface area contributed by atoms with Crippen molar-refractivity contribution in [2.24, 2.45) is 5.92 Å². The van der Waals surface area contributed by atoms with E-state index < -0.39 is 5.97 Å². The minimum atomic E-state index is -1.08. The van der Waals surface area contributed by atoms with Crippen LogP contribution in [0.3, 0.4) is 0 Å². The maximum Gasteiger partial charge on any atom is 0.0773 e. The first-order valence-corrected chi connectivity index (χ1v) is 6.61. The Morgan fingerprint density at radius 2 is 1.75 bits per heavy atom. The van der Waals surface area contributed by atoms with E-state index in [0.29, 0.717) is 0 Å². The van der Waals surface area contributed by atoms with Gasteiger partial charge in [0.2, 0.25) is 0 Å². The summed E-state index contributed by atoms with van der Waals surface area (Å²) >= 11 is 0. The molecule has 1 aliphatic heterocycles. The lowest BCUT2D eigenvalue weighted by atomic mass is 9.92. The molecule has 0 aromatic heterocycles. The van der Waals surface area contributed by atoms with Crippen LogP contribution in [0.4, 0.5) is 0 Å². The number of carboxylic acid groups (broad SMARTS) is 1. The quantitative estimate of drug-likeness (QED) is 0.751. The van der Waals surface area contributed by atoms with Crippen LogP contribution < -0.4 is 10.0 Å². The van der Waals surface area contributed by atoms with Gasteiger partial charge in [0.15, 0.2) is 0 Å². The van der Waals surface area contributed by atoms with E-state index in [2.05, 4.69) is 13.8 Å². The number of carboxylic acids is 1. The number of likely N-dealkylation sites (tertiary alicyclic amines) is 1. The zero-order valence-electron chi connectivity index (χ0n) is 11.1. The fourth-order valence-corrected chi connectivity index (χ4v) is 2.39. The van der Waals surface area contributed by atoms with Crippen molar-refractivity contribution in [1.82, 2.24) is 0 Å². The Hall–Kier alpha value is -0.570. The summed E-state index contributed by atoms with van der Waals surface area (Å²) in [6.07, 6.45) is 7.19. The van der Waals surface area contributed by atoms with Gasteiger partial charge >= 0.3 is 0 Å². The highest BCUT2D eigenvalue weighted by Gasteiger charge is 2.19. The Morgan fingerprint density at radius 3 is 2.12 bits per heavy atom. The Kier molecular flexibility index (Phi) is 9.30. The Labute approximate surface area is 99.8 Å². The molecule has 1 heterocycles. The zero-order valence-corrected chi connectivity index (χ0v) is 11.1. The number of hydrogen-bond donors (Lipinski definition) is 1. The molecule has 3 heteroatoms. The second-order valence-corrected chi connectivity index (χ2v) is 4.72. The molecule has 1 fully saturated rings. The van der Waals surface area contributed by atoms with E-state index in [9.17, 15) is 0 Å². The summed E-state index contributed by atoms with van der Waals surface area (Å²) in [5.41, 5.74) is 0. The van der Waals surface area contributed by atoms with Gasteiger partial charge in [-0.3, -0.25) is 0 Å². The van der Waals surface area contributed by atoms with Crippen LogP contribution in [0.25, 0.3) is 0 Å². The number of hydrogen-bond acceptors (Lipinski definition) is 2. The molecule has 1 aliphatic rings. The smallest absolute Gasteiger partial charge is 0.0773 e. The third kappa shape index (κ3) is 8.72. The molecular formula is C13H27NO2. The first-order valence-electron chi connectivity index (χ1n) is 6.61. The summed E-state index contributed by atoms with van der Waals surface area (Å²) in [5.74, 6) is -0.0180. The maximum absolute atomic E-state index is 8.89. The number of carbonyl (C=O) groups excluding carboxylic acids is 1. The Balaban J connectivity index is 0.000000487. The van der Waals surface area contributed by atoms with Crippen molar-refractivity contribution in [2.75, 3.05) is 19.6 Å². The van der Waals surface area contributed by atoms with Crippen molar-refractivity contribution in [2.45, 2.75) is 52.9 Å². The molecule has 0 unspecified atom stereocenters. The van der Waals surface area contributed by atoms with Gasteiger partial charge in [0, 0.05) is 5.97 Å². The van der Waals surface area contributed by atoms with Gasteiger partial charge in [-0.05, 0) is 32.1 Å². The highest BCUT2D eigenvalue weighted by atomic mass is 16.4. The minimum absolute atomic E-state index is 0.972. The molecule has 96 valence electrons. The van der Waals surface area contributed by atoms with Gasteiger partial charge < -0.3 is 14.8 Å². The predicted octanol–water partition coefficient (Wildman–Crippen LogP) is 0.248. The molecule has 0 aromatic rings. The molecule has 0 spiro atoms. The van der Waals surface area contributed by atoms with E-state index in [0.717, 1.165) is 12.8 Å². The summed E-state index contributed by atoms with van der Waals surface area (Å²) in [6, 6.07) is 0. The summed E-state index contributed by atoms with van der Waals surface area (Å²) in [4.78, 5) is 10.7. The van der Waals surface area contributed by atoms with Crippen molar-refractivity contribution >= 4 is 5.97 Å². The fraction of sp³-hybridized carbons (Fsp3) is 0.923. The first kappa shape index (κ1) is 15.4. The topological polar surface area (TPSA) is 44.6 Å². The summed E-state index contributed by atoms with van der Waals surface area (Å²) < 4.78 is 0. The molecule has 0 bridgehead atoms. The third-order valence-electron chi connectivity index (χ3n) is 3.11. The molecule has 16 heavy (non-hydrogen) atoms. The van der Waals surface area contributed by atoms with Crippen molar-refractivity contribution in [3.8, 4) is 0 Å². The van der Waals surface area contributed by atoms with Crippen LogP contribution in [0.5, 0.6) is 0 Å². The van der Waals surface area contributed by atoms with Gasteiger partial charge in [-0.15, -0.1) is 0 Å². The van der Waals surface area contributed by atoms with Gasteiger partial charge in [-0.1, -0.05) is 26.7 Å². The van der Waals surface area contributed by atoms with Gasteiger partial charge in [-0.2, -0.15) is 0 Å². The van der Waals surface area contributed by atoms with E-state index in [1.807, 2.05) is 4.90 Å². The minimum Gasteiger partial charge on any atom is -0.550 e. The molecule has 0 aliphatic carbocycles. The van der Waals surface area contributed by atoms with Gasteiger partial charge in [-0.25, -0.2) is 0 Å². The monoisotopic (exact) mass is 229 g/mol. The summed E-state index contributed by atoms with van der Waals surface area (Å²) in [5, 5.41) is 8.89. The molecule has 1 saturated heterocycles. The molecule has 0 amide bonds. The fourth-order valence-electron chi connectivity index (χ4n) is 2.39. The van der Waals surface area contributed by atoms with Gasteiger partial charge in [0.1, 0.15) is 0 Å². The van der Waals surface area contributed by atoms with Crippen molar-refractivity contribution < 1.29 is 14.8 Å². The second-order valence-electron chi connectivity index (χ2n) is 4.72. The standard InChI is InChI=1S/C11H23N.C2H4O2/c1-3-5-11-6-9-12(8-4-2)10-7-11;1-2(3)4/h11H,3-10H2,1-2H3;1H3,(H,3,4). The van der Waals surface area contributed by atoms with Crippen LogP contribution in [0.1, 0.15) is 52.9 Å². The Morgan fingerprint density at radius 1 is 1.25 bits per heavy atom. The van der Waals surface area contributed by atoms with Crippen molar-refractivity contribution in [1.29, 1.82) is 0 Å². The Bertz CT molecular complexity index is 157. The first-order chi connectivity index (χ1) is 7.60. The SMILES string of the molecule is CC(=O)[O-].CCCC1CC[NH+](CCC)CC1. The van der Waals surface area contributed by atoms with Crippen molar-refractivity contribution in [3.63, 3.8) is 0 Å². The molecule has 0 aromatic carbocycles. The normalized spacial score (nSPS) is 24.4. The molecule has 0 atom stereocenters. The lowest BCUT2D eigenvalue weighted by Gasteiger charge is -2.28. The number of quaternary nitrogens is 1. The number of carbonyl (C=O) groups is 1. The van der Waals surface area contributed by atoms with Crippen LogP contribution in [0.15, 0.2) is 0 Å². The molecular weight excluding hydrogens is 202 g/mol. The molecule has 1 N–H and O–H groups in total. The molecule has 0 saturated carbocycles. The van der Waals surface area contributed by atoms with E-state index >= 15 is 0 Å².